The molecule has 120 valence electrons. The van der Waals surface area contributed by atoms with Crippen molar-refractivity contribution < 1.29 is 4.79 Å². The van der Waals surface area contributed by atoms with Gasteiger partial charge in [-0.15, -0.1) is 11.3 Å². The maximum Gasteiger partial charge on any atom is 0.226 e. The van der Waals surface area contributed by atoms with Crippen LogP contribution in [-0.2, 0) is 11.3 Å². The molecular formula is C17H23BrN2OS. The first-order chi connectivity index (χ1) is 10.7. The van der Waals surface area contributed by atoms with E-state index < -0.39 is 0 Å². The van der Waals surface area contributed by atoms with E-state index in [0.717, 1.165) is 38.6 Å². The van der Waals surface area contributed by atoms with Crippen molar-refractivity contribution in [2.24, 2.45) is 17.8 Å². The highest BCUT2D eigenvalue weighted by molar-refractivity contribution is 9.11. The molecule has 5 heteroatoms. The van der Waals surface area contributed by atoms with E-state index in [9.17, 15) is 4.79 Å². The maximum absolute atomic E-state index is 12.8. The van der Waals surface area contributed by atoms with E-state index in [1.165, 1.54) is 34.3 Å². The average molecular weight is 383 g/mol. The zero-order chi connectivity index (χ0) is 15.1. The molecular weight excluding hydrogens is 360 g/mol. The molecule has 1 aromatic rings. The summed E-state index contributed by atoms with van der Waals surface area (Å²) >= 11 is 5.34. The van der Waals surface area contributed by atoms with E-state index in [1.54, 1.807) is 0 Å². The Balaban J connectivity index is 1.29. The van der Waals surface area contributed by atoms with Gasteiger partial charge in [-0.1, -0.05) is 6.42 Å². The van der Waals surface area contributed by atoms with E-state index in [0.29, 0.717) is 17.7 Å². The first kappa shape index (κ1) is 15.2. The molecule has 3 nitrogen and oxygen atoms in total. The third-order valence-corrected chi connectivity index (χ3v) is 7.36. The van der Waals surface area contributed by atoms with Gasteiger partial charge in [-0.05, 0) is 59.2 Å². The monoisotopic (exact) mass is 382 g/mol. The van der Waals surface area contributed by atoms with Crippen LogP contribution in [0.1, 0.15) is 30.6 Å². The molecule has 0 N–H and O–H groups in total. The van der Waals surface area contributed by atoms with Crippen LogP contribution in [0.25, 0.3) is 0 Å². The third kappa shape index (κ3) is 3.00. The van der Waals surface area contributed by atoms with Gasteiger partial charge in [0.1, 0.15) is 0 Å². The average Bonchev–Trinajstić information content (AvgIpc) is 3.24. The minimum absolute atomic E-state index is 0.360. The Kier molecular flexibility index (Phi) is 4.31. The summed E-state index contributed by atoms with van der Waals surface area (Å²) in [5.74, 6) is 2.39. The van der Waals surface area contributed by atoms with Gasteiger partial charge in [-0.2, -0.15) is 0 Å². The van der Waals surface area contributed by atoms with Gasteiger partial charge in [0.15, 0.2) is 0 Å². The molecule has 4 rings (SSSR count). The highest BCUT2D eigenvalue weighted by atomic mass is 79.9. The lowest BCUT2D eigenvalue weighted by Gasteiger charge is -2.37. The van der Waals surface area contributed by atoms with Crippen LogP contribution in [0.3, 0.4) is 0 Å². The van der Waals surface area contributed by atoms with E-state index in [2.05, 4.69) is 37.9 Å². The number of rotatable bonds is 3. The topological polar surface area (TPSA) is 23.6 Å². The van der Waals surface area contributed by atoms with Gasteiger partial charge in [0, 0.05) is 43.5 Å². The molecule has 22 heavy (non-hydrogen) atoms. The van der Waals surface area contributed by atoms with E-state index >= 15 is 0 Å². The molecule has 0 radical (unpaired) electrons. The number of halogens is 1. The second-order valence-corrected chi connectivity index (χ2v) is 9.64. The number of fused-ring (bicyclic) bond motifs is 2. The van der Waals surface area contributed by atoms with Gasteiger partial charge in [0.25, 0.3) is 0 Å². The van der Waals surface area contributed by atoms with Gasteiger partial charge in [-0.25, -0.2) is 0 Å². The number of piperazine rings is 1. The molecule has 2 heterocycles. The number of thiophene rings is 1. The fourth-order valence-electron chi connectivity index (χ4n) is 4.57. The molecule has 3 fully saturated rings. The van der Waals surface area contributed by atoms with Gasteiger partial charge >= 0.3 is 0 Å². The molecule has 3 unspecified atom stereocenters. The second-order valence-electron chi connectivity index (χ2n) is 7.09. The van der Waals surface area contributed by atoms with Gasteiger partial charge < -0.3 is 4.90 Å². The van der Waals surface area contributed by atoms with Crippen molar-refractivity contribution in [3.05, 3.63) is 20.8 Å². The highest BCUT2D eigenvalue weighted by Gasteiger charge is 2.44. The number of carbonyl (C=O) groups excluding carboxylic acids is 1. The van der Waals surface area contributed by atoms with Gasteiger partial charge in [0.05, 0.1) is 3.79 Å². The van der Waals surface area contributed by atoms with E-state index in [1.807, 2.05) is 11.3 Å². The lowest BCUT2D eigenvalue weighted by Crippen LogP contribution is -2.50. The maximum atomic E-state index is 12.8. The second kappa shape index (κ2) is 6.25. The van der Waals surface area contributed by atoms with E-state index in [4.69, 9.17) is 0 Å². The SMILES string of the molecule is O=C(C1CC2CCC1C2)N1CCN(Cc2ccc(Br)s2)CC1. The van der Waals surface area contributed by atoms with E-state index in [-0.39, 0.29) is 0 Å². The summed E-state index contributed by atoms with van der Waals surface area (Å²) in [4.78, 5) is 18.8. The van der Waals surface area contributed by atoms with Gasteiger partial charge in [0.2, 0.25) is 5.91 Å². The summed E-state index contributed by atoms with van der Waals surface area (Å²) in [7, 11) is 0. The smallest absolute Gasteiger partial charge is 0.226 e. The van der Waals surface area contributed by atoms with Crippen LogP contribution >= 0.6 is 27.3 Å². The Bertz CT molecular complexity index is 553. The minimum atomic E-state index is 0.360. The molecule has 1 aromatic heterocycles. The first-order valence-corrected chi connectivity index (χ1v) is 10.1. The molecule has 1 aliphatic heterocycles. The molecule has 3 atom stereocenters. The standard InChI is InChI=1S/C17H23BrN2OS/c18-16-4-3-14(22-16)11-19-5-7-20(8-6-19)17(21)15-10-12-1-2-13(15)9-12/h3-4,12-13,15H,1-2,5-11H2. The quantitative estimate of drug-likeness (QED) is 0.797. The summed E-state index contributed by atoms with van der Waals surface area (Å²) in [6.45, 7) is 4.88. The molecule has 0 spiro atoms. The van der Waals surface area contributed by atoms with Gasteiger partial charge in [-0.3, -0.25) is 9.69 Å². The minimum Gasteiger partial charge on any atom is -0.340 e. The van der Waals surface area contributed by atoms with Crippen molar-refractivity contribution in [1.29, 1.82) is 0 Å². The number of nitrogens with zero attached hydrogens (tertiary/aromatic N) is 2. The van der Waals surface area contributed by atoms with Crippen molar-refractivity contribution in [2.45, 2.75) is 32.2 Å². The highest BCUT2D eigenvalue weighted by Crippen LogP contribution is 2.48. The molecule has 2 saturated carbocycles. The summed E-state index contributed by atoms with van der Waals surface area (Å²) in [5.41, 5.74) is 0. The van der Waals surface area contributed by atoms with Crippen molar-refractivity contribution in [2.75, 3.05) is 26.2 Å². The van der Waals surface area contributed by atoms with Crippen LogP contribution in [0.5, 0.6) is 0 Å². The summed E-state index contributed by atoms with van der Waals surface area (Å²) in [6.07, 6.45) is 5.17. The van der Waals surface area contributed by atoms with Crippen molar-refractivity contribution in [1.82, 2.24) is 9.80 Å². The number of amides is 1. The molecule has 0 aromatic carbocycles. The molecule has 1 saturated heterocycles. The fraction of sp³-hybridized carbons (Fsp3) is 0.706. The summed E-state index contributed by atoms with van der Waals surface area (Å²) in [6, 6.07) is 4.32. The predicted molar refractivity (Wildman–Crippen MR) is 92.8 cm³/mol. The fourth-order valence-corrected chi connectivity index (χ4v) is 6.09. The number of hydrogen-bond acceptors (Lipinski definition) is 3. The van der Waals surface area contributed by atoms with Crippen LogP contribution in [0.2, 0.25) is 0 Å². The first-order valence-electron chi connectivity index (χ1n) is 8.44. The predicted octanol–water partition coefficient (Wildman–Crippen LogP) is 3.59. The van der Waals surface area contributed by atoms with Crippen molar-refractivity contribution >= 4 is 33.2 Å². The Labute approximate surface area is 144 Å². The van der Waals surface area contributed by atoms with Crippen LogP contribution in [0, 0.1) is 17.8 Å². The molecule has 1 amide bonds. The number of hydrogen-bond donors (Lipinski definition) is 0. The van der Waals surface area contributed by atoms with Crippen LogP contribution in [-0.4, -0.2) is 41.9 Å². The summed E-state index contributed by atoms with van der Waals surface area (Å²) in [5, 5.41) is 0. The lowest BCUT2D eigenvalue weighted by molar-refractivity contribution is -0.139. The molecule has 2 bridgehead atoms. The number of carbonyl (C=O) groups is 1. The molecule has 3 aliphatic rings. The van der Waals surface area contributed by atoms with Crippen LogP contribution < -0.4 is 0 Å². The Morgan fingerprint density at radius 1 is 1.18 bits per heavy atom. The molecule has 2 aliphatic carbocycles. The normalized spacial score (nSPS) is 31.9. The summed E-state index contributed by atoms with van der Waals surface area (Å²) < 4.78 is 1.20. The van der Waals surface area contributed by atoms with Crippen LogP contribution in [0.4, 0.5) is 0 Å². The zero-order valence-corrected chi connectivity index (χ0v) is 15.2. The lowest BCUT2D eigenvalue weighted by atomic mass is 9.87. The Morgan fingerprint density at radius 2 is 2.00 bits per heavy atom. The van der Waals surface area contributed by atoms with Crippen molar-refractivity contribution in [3.8, 4) is 0 Å². The van der Waals surface area contributed by atoms with Crippen LogP contribution in [0.15, 0.2) is 15.9 Å². The largest absolute Gasteiger partial charge is 0.340 e. The third-order valence-electron chi connectivity index (χ3n) is 5.75. The Hall–Kier alpha value is -0.390. The Morgan fingerprint density at radius 3 is 2.59 bits per heavy atom. The van der Waals surface area contributed by atoms with Crippen molar-refractivity contribution in [3.63, 3.8) is 0 Å². The zero-order valence-electron chi connectivity index (χ0n) is 12.8.